The Hall–Kier alpha value is -0.220. The molecule has 0 radical (unpaired) electrons. The summed E-state index contributed by atoms with van der Waals surface area (Å²) in [6, 6.07) is 0. The second-order valence-corrected chi connectivity index (χ2v) is 4.88. The lowest BCUT2D eigenvalue weighted by molar-refractivity contribution is 0.621. The molecule has 1 atom stereocenters. The average Bonchev–Trinajstić information content (AvgIpc) is 2.43. The minimum absolute atomic E-state index is 0.705. The molecule has 1 aromatic heterocycles. The van der Waals surface area contributed by atoms with Crippen molar-refractivity contribution in [3.05, 3.63) is 16.7 Å². The van der Waals surface area contributed by atoms with Crippen LogP contribution in [0.15, 0.2) is 6.20 Å². The van der Waals surface area contributed by atoms with Crippen molar-refractivity contribution in [3.8, 4) is 0 Å². The molecule has 0 saturated carbocycles. The fourth-order valence-corrected chi connectivity index (χ4v) is 1.82. The molecule has 1 N–H and O–H groups in total. The highest BCUT2D eigenvalue weighted by Crippen LogP contribution is 2.11. The second-order valence-electron chi connectivity index (χ2n) is 3.22. The molecule has 0 fully saturated rings. The topological polar surface area (TPSA) is 20.7 Å². The van der Waals surface area contributed by atoms with Crippen LogP contribution in [0, 0.1) is 11.7 Å². The smallest absolute Gasteiger partial charge is 0.177 e. The van der Waals surface area contributed by atoms with Crippen LogP contribution in [0.2, 0.25) is 0 Å². The maximum Gasteiger partial charge on any atom is 0.177 e. The van der Waals surface area contributed by atoms with E-state index in [0.29, 0.717) is 5.25 Å². The van der Waals surface area contributed by atoms with E-state index in [9.17, 15) is 0 Å². The number of hydrogen-bond acceptors (Lipinski definition) is 2. The third-order valence-electron chi connectivity index (χ3n) is 2.24. The molecule has 0 bridgehead atoms. The normalized spacial score (nSPS) is 13.2. The van der Waals surface area contributed by atoms with Gasteiger partial charge in [0.1, 0.15) is 0 Å². The fraction of sp³-hybridized carbons (Fsp3) is 0.667. The van der Waals surface area contributed by atoms with E-state index < -0.39 is 0 Å². The Bertz CT molecular complexity index is 314. The van der Waals surface area contributed by atoms with Gasteiger partial charge in [0.15, 0.2) is 4.77 Å². The number of aryl methyl sites for hydroxylation is 1. The van der Waals surface area contributed by atoms with Crippen LogP contribution in [0.4, 0.5) is 0 Å². The minimum Gasteiger partial charge on any atom is -0.337 e. The van der Waals surface area contributed by atoms with Gasteiger partial charge in [-0.15, -0.1) is 0 Å². The number of nitrogens with zero attached hydrogens (tertiary/aromatic N) is 1. The molecule has 2 nitrogen and oxygen atoms in total. The molecule has 13 heavy (non-hydrogen) atoms. The summed E-state index contributed by atoms with van der Waals surface area (Å²) in [7, 11) is 0. The Morgan fingerprint density at radius 3 is 2.85 bits per heavy atom. The summed E-state index contributed by atoms with van der Waals surface area (Å²) < 4.78 is 2.99. The highest BCUT2D eigenvalue weighted by molar-refractivity contribution is 7.99. The monoisotopic (exact) mass is 216 g/mol. The zero-order chi connectivity index (χ0) is 9.84. The third-order valence-corrected chi connectivity index (χ3v) is 3.62. The van der Waals surface area contributed by atoms with Crippen molar-refractivity contribution >= 4 is 24.0 Å². The van der Waals surface area contributed by atoms with Crippen molar-refractivity contribution in [1.82, 2.24) is 9.55 Å². The number of rotatable bonds is 4. The van der Waals surface area contributed by atoms with E-state index in [1.165, 1.54) is 12.1 Å². The molecule has 0 saturated heterocycles. The van der Waals surface area contributed by atoms with E-state index in [1.54, 1.807) is 0 Å². The number of aromatic amines is 1. The Morgan fingerprint density at radius 1 is 1.69 bits per heavy atom. The van der Waals surface area contributed by atoms with E-state index in [0.717, 1.165) is 11.3 Å². The summed E-state index contributed by atoms with van der Waals surface area (Å²) in [5.41, 5.74) is 1.22. The number of imidazole rings is 1. The first-order chi connectivity index (χ1) is 6.15. The molecule has 74 valence electrons. The summed E-state index contributed by atoms with van der Waals surface area (Å²) in [6.07, 6.45) is 5.29. The first-order valence-electron chi connectivity index (χ1n) is 4.42. The summed E-state index contributed by atoms with van der Waals surface area (Å²) in [4.78, 5) is 3.05. The maximum atomic E-state index is 5.16. The molecule has 1 rings (SSSR count). The Balaban J connectivity index is 2.59. The molecule has 0 spiro atoms. The van der Waals surface area contributed by atoms with E-state index in [4.69, 9.17) is 12.2 Å². The molecule has 4 heteroatoms. The van der Waals surface area contributed by atoms with Crippen LogP contribution in [0.5, 0.6) is 0 Å². The van der Waals surface area contributed by atoms with Gasteiger partial charge in [-0.3, -0.25) is 0 Å². The largest absolute Gasteiger partial charge is 0.337 e. The van der Waals surface area contributed by atoms with Crippen molar-refractivity contribution in [1.29, 1.82) is 0 Å². The Morgan fingerprint density at radius 2 is 2.38 bits per heavy atom. The van der Waals surface area contributed by atoms with Crippen LogP contribution < -0.4 is 0 Å². The van der Waals surface area contributed by atoms with E-state index in [2.05, 4.69) is 29.7 Å². The number of thioether (sulfide) groups is 1. The molecule has 1 aromatic rings. The van der Waals surface area contributed by atoms with Gasteiger partial charge in [0, 0.05) is 23.7 Å². The first-order valence-corrected chi connectivity index (χ1v) is 6.12. The van der Waals surface area contributed by atoms with Crippen LogP contribution in [0.3, 0.4) is 0 Å². The van der Waals surface area contributed by atoms with Crippen molar-refractivity contribution < 1.29 is 0 Å². The molecule has 0 amide bonds. The highest BCUT2D eigenvalue weighted by atomic mass is 32.2. The molecular formula is C9H16N2S2. The summed E-state index contributed by atoms with van der Waals surface area (Å²) in [5, 5.41) is 0.705. The first kappa shape index (κ1) is 10.9. The van der Waals surface area contributed by atoms with Crippen molar-refractivity contribution in [3.63, 3.8) is 0 Å². The predicted octanol–water partition coefficient (Wildman–Crippen LogP) is 3.00. The van der Waals surface area contributed by atoms with E-state index in [1.807, 2.05) is 18.0 Å². The van der Waals surface area contributed by atoms with Gasteiger partial charge in [-0.25, -0.2) is 0 Å². The van der Waals surface area contributed by atoms with Gasteiger partial charge in [-0.05, 0) is 31.8 Å². The maximum absolute atomic E-state index is 5.16. The molecule has 0 aliphatic rings. The Kier molecular flexibility index (Phi) is 4.06. The fourth-order valence-electron chi connectivity index (χ4n) is 1.19. The highest BCUT2D eigenvalue weighted by Gasteiger charge is 2.02. The lowest BCUT2D eigenvalue weighted by Crippen LogP contribution is -2.05. The summed E-state index contributed by atoms with van der Waals surface area (Å²) in [6.45, 7) is 5.35. The van der Waals surface area contributed by atoms with Crippen LogP contribution in [-0.2, 0) is 6.54 Å². The Labute approximate surface area is 88.7 Å². The quantitative estimate of drug-likeness (QED) is 0.781. The third kappa shape index (κ3) is 2.88. The van der Waals surface area contributed by atoms with Crippen LogP contribution in [-0.4, -0.2) is 21.1 Å². The summed E-state index contributed by atoms with van der Waals surface area (Å²) in [5.74, 6) is 0. The van der Waals surface area contributed by atoms with Crippen molar-refractivity contribution in [2.24, 2.45) is 0 Å². The van der Waals surface area contributed by atoms with Crippen LogP contribution in [0.25, 0.3) is 0 Å². The molecule has 1 unspecified atom stereocenters. The lowest BCUT2D eigenvalue weighted by Gasteiger charge is -2.09. The lowest BCUT2D eigenvalue weighted by atomic mass is 10.3. The minimum atomic E-state index is 0.705. The van der Waals surface area contributed by atoms with Gasteiger partial charge < -0.3 is 9.55 Å². The molecule has 0 aliphatic heterocycles. The number of H-pyrrole nitrogens is 1. The number of aromatic nitrogens is 2. The van der Waals surface area contributed by atoms with Crippen LogP contribution in [0.1, 0.15) is 19.0 Å². The molecule has 0 aromatic carbocycles. The van der Waals surface area contributed by atoms with Crippen molar-refractivity contribution in [2.75, 3.05) is 6.26 Å². The standard InChI is InChI=1S/C9H16N2S2/c1-7-6-10-9(12)11(7)5-4-8(2)13-3/h6,8H,4-5H2,1-3H3,(H,10,12). The van der Waals surface area contributed by atoms with Gasteiger partial charge in [0.25, 0.3) is 0 Å². The SMILES string of the molecule is CSC(C)CCn1c(C)c[nH]c1=S. The van der Waals surface area contributed by atoms with Gasteiger partial charge in [0.05, 0.1) is 0 Å². The van der Waals surface area contributed by atoms with Gasteiger partial charge >= 0.3 is 0 Å². The van der Waals surface area contributed by atoms with Crippen LogP contribution >= 0.6 is 24.0 Å². The van der Waals surface area contributed by atoms with Gasteiger partial charge in [0.2, 0.25) is 0 Å². The molecule has 0 aliphatic carbocycles. The number of nitrogens with one attached hydrogen (secondary N) is 1. The van der Waals surface area contributed by atoms with Crippen molar-refractivity contribution in [2.45, 2.75) is 32.1 Å². The average molecular weight is 216 g/mol. The van der Waals surface area contributed by atoms with Gasteiger partial charge in [-0.1, -0.05) is 6.92 Å². The van der Waals surface area contributed by atoms with E-state index >= 15 is 0 Å². The molecular weight excluding hydrogens is 200 g/mol. The number of hydrogen-bond donors (Lipinski definition) is 1. The van der Waals surface area contributed by atoms with Gasteiger partial charge in [-0.2, -0.15) is 11.8 Å². The zero-order valence-electron chi connectivity index (χ0n) is 8.33. The van der Waals surface area contributed by atoms with E-state index in [-0.39, 0.29) is 0 Å². The second kappa shape index (κ2) is 4.86. The molecule has 1 heterocycles. The zero-order valence-corrected chi connectivity index (χ0v) is 9.97. The predicted molar refractivity (Wildman–Crippen MR) is 61.9 cm³/mol. The summed E-state index contributed by atoms with van der Waals surface area (Å²) >= 11 is 7.06.